The van der Waals surface area contributed by atoms with Gasteiger partial charge in [0.05, 0.1) is 0 Å². The lowest BCUT2D eigenvalue weighted by Crippen LogP contribution is -2.15. The van der Waals surface area contributed by atoms with Crippen LogP contribution in [0.15, 0.2) is 30.3 Å². The molecule has 3 rings (SSSR count). The molecule has 0 radical (unpaired) electrons. The fraction of sp³-hybridized carbons (Fsp3) is 0.556. The van der Waals surface area contributed by atoms with Crippen molar-refractivity contribution in [3.63, 3.8) is 0 Å². The molecule has 1 N–H and O–H groups in total. The molecule has 2 unspecified atom stereocenters. The maximum Gasteiger partial charge on any atom is 0.146 e. The van der Waals surface area contributed by atoms with Crippen molar-refractivity contribution in [2.75, 3.05) is 0 Å². The Labute approximate surface area is 198 Å². The van der Waals surface area contributed by atoms with E-state index in [0.29, 0.717) is 16.6 Å². The molecule has 32 heavy (non-hydrogen) atoms. The lowest BCUT2D eigenvalue weighted by atomic mass is 9.79. The number of halogens is 1. The molecule has 0 saturated carbocycles. The van der Waals surface area contributed by atoms with E-state index in [2.05, 4.69) is 63.9 Å². The minimum atomic E-state index is -0.199. The molecule has 2 aromatic carbocycles. The van der Waals surface area contributed by atoms with Gasteiger partial charge in [-0.15, -0.1) is 15.0 Å². The number of rotatable bonds is 9. The molecule has 0 saturated heterocycles. The summed E-state index contributed by atoms with van der Waals surface area (Å²) in [5.41, 5.74) is 4.12. The first-order chi connectivity index (χ1) is 15.2. The van der Waals surface area contributed by atoms with Crippen molar-refractivity contribution >= 4 is 22.6 Å². The summed E-state index contributed by atoms with van der Waals surface area (Å²) in [4.78, 5) is 1.57. The highest BCUT2D eigenvalue weighted by atomic mass is 35.5. The zero-order chi connectivity index (χ0) is 23.5. The van der Waals surface area contributed by atoms with Crippen LogP contribution < -0.4 is 0 Å². The number of hydrogen-bond acceptors (Lipinski definition) is 3. The van der Waals surface area contributed by atoms with Crippen molar-refractivity contribution in [2.45, 2.75) is 91.4 Å². The van der Waals surface area contributed by atoms with Crippen LogP contribution in [0.25, 0.3) is 16.7 Å². The van der Waals surface area contributed by atoms with Crippen molar-refractivity contribution < 1.29 is 5.11 Å². The molecule has 1 aromatic heterocycles. The largest absolute Gasteiger partial charge is 0.505 e. The summed E-state index contributed by atoms with van der Waals surface area (Å²) in [7, 11) is 0. The number of aromatic nitrogens is 3. The van der Waals surface area contributed by atoms with E-state index in [9.17, 15) is 5.11 Å². The summed E-state index contributed by atoms with van der Waals surface area (Å²) in [6, 6.07) is 9.78. The maximum atomic E-state index is 11.3. The normalized spacial score (nSPS) is 14.1. The second-order valence-electron chi connectivity index (χ2n) is 10.1. The van der Waals surface area contributed by atoms with Crippen LogP contribution in [0.5, 0.6) is 5.75 Å². The van der Waals surface area contributed by atoms with Crippen LogP contribution in [0, 0.1) is 5.92 Å². The van der Waals surface area contributed by atoms with Crippen LogP contribution in [0.4, 0.5) is 0 Å². The van der Waals surface area contributed by atoms with Gasteiger partial charge >= 0.3 is 0 Å². The minimum absolute atomic E-state index is 0.199. The smallest absolute Gasteiger partial charge is 0.146 e. The van der Waals surface area contributed by atoms with Crippen molar-refractivity contribution in [1.29, 1.82) is 0 Å². The standard InChI is InChI=1S/C27H38ClN3O/c1-7-10-11-18(8-2)14-19(9-3)20-15-22(27(4,5)6)26(32)25(16-20)31-29-23-13-12-21(28)17-24(23)30-31/h12-13,15-19,32H,7-11,14H2,1-6H3. The van der Waals surface area contributed by atoms with Crippen LogP contribution in [0.3, 0.4) is 0 Å². The number of fused-ring (bicyclic) bond motifs is 1. The average Bonchev–Trinajstić information content (AvgIpc) is 3.16. The summed E-state index contributed by atoms with van der Waals surface area (Å²) >= 11 is 6.15. The molecule has 4 nitrogen and oxygen atoms in total. The second-order valence-corrected chi connectivity index (χ2v) is 10.5. The Hall–Kier alpha value is -2.07. The van der Waals surface area contributed by atoms with Crippen LogP contribution in [0.2, 0.25) is 5.02 Å². The van der Waals surface area contributed by atoms with Gasteiger partial charge < -0.3 is 5.11 Å². The van der Waals surface area contributed by atoms with Crippen molar-refractivity contribution in [1.82, 2.24) is 15.0 Å². The fourth-order valence-electron chi connectivity index (χ4n) is 4.52. The lowest BCUT2D eigenvalue weighted by Gasteiger charge is -2.27. The number of nitrogens with zero attached hydrogens (tertiary/aromatic N) is 3. The van der Waals surface area contributed by atoms with E-state index in [1.165, 1.54) is 37.7 Å². The SMILES string of the molecule is CCCCC(CC)CC(CC)c1cc(-n2nc3ccc(Cl)cc3n2)c(O)c(C(C)(C)C)c1. The molecule has 5 heteroatoms. The zero-order valence-electron chi connectivity index (χ0n) is 20.5. The number of benzene rings is 2. The minimum Gasteiger partial charge on any atom is -0.505 e. The summed E-state index contributed by atoms with van der Waals surface area (Å²) < 4.78 is 0. The lowest BCUT2D eigenvalue weighted by molar-refractivity contribution is 0.379. The molecule has 2 atom stereocenters. The Morgan fingerprint density at radius 1 is 1.00 bits per heavy atom. The highest BCUT2D eigenvalue weighted by molar-refractivity contribution is 6.31. The van der Waals surface area contributed by atoms with Crippen LogP contribution >= 0.6 is 11.6 Å². The van der Waals surface area contributed by atoms with Gasteiger partial charge in [-0.05, 0) is 59.9 Å². The molecule has 0 bridgehead atoms. The van der Waals surface area contributed by atoms with E-state index in [1.807, 2.05) is 12.1 Å². The van der Waals surface area contributed by atoms with Crippen LogP contribution in [-0.4, -0.2) is 20.1 Å². The number of hydrogen-bond donors (Lipinski definition) is 1. The third kappa shape index (κ3) is 5.46. The molecule has 0 fully saturated rings. The summed E-state index contributed by atoms with van der Waals surface area (Å²) in [5.74, 6) is 1.42. The van der Waals surface area contributed by atoms with E-state index < -0.39 is 0 Å². The first-order valence-electron chi connectivity index (χ1n) is 12.1. The Morgan fingerprint density at radius 2 is 1.72 bits per heavy atom. The highest BCUT2D eigenvalue weighted by Crippen LogP contribution is 2.40. The van der Waals surface area contributed by atoms with Gasteiger partial charge in [-0.2, -0.15) is 0 Å². The van der Waals surface area contributed by atoms with Gasteiger partial charge in [-0.25, -0.2) is 0 Å². The van der Waals surface area contributed by atoms with Gasteiger partial charge in [0.1, 0.15) is 22.5 Å². The Morgan fingerprint density at radius 3 is 2.34 bits per heavy atom. The van der Waals surface area contributed by atoms with Gasteiger partial charge in [0, 0.05) is 10.6 Å². The molecule has 1 heterocycles. The predicted molar refractivity (Wildman–Crippen MR) is 135 cm³/mol. The number of phenolic OH excluding ortho intramolecular Hbond substituents is 1. The zero-order valence-corrected chi connectivity index (χ0v) is 21.2. The van der Waals surface area contributed by atoms with Crippen LogP contribution in [0.1, 0.15) is 97.1 Å². The topological polar surface area (TPSA) is 50.9 Å². The average molecular weight is 456 g/mol. The van der Waals surface area contributed by atoms with E-state index in [1.54, 1.807) is 10.9 Å². The van der Waals surface area contributed by atoms with Gasteiger partial charge in [0.2, 0.25) is 0 Å². The Kier molecular flexibility index (Phi) is 7.87. The van der Waals surface area contributed by atoms with Crippen molar-refractivity contribution in [3.05, 3.63) is 46.5 Å². The second kappa shape index (κ2) is 10.2. The van der Waals surface area contributed by atoms with Crippen molar-refractivity contribution in [3.8, 4) is 11.4 Å². The molecule has 0 spiro atoms. The fourth-order valence-corrected chi connectivity index (χ4v) is 4.68. The monoisotopic (exact) mass is 455 g/mol. The predicted octanol–water partition coefficient (Wildman–Crippen LogP) is 8.18. The molecular formula is C27H38ClN3O. The summed E-state index contributed by atoms with van der Waals surface area (Å²) in [5, 5.41) is 21.2. The molecule has 0 aliphatic heterocycles. The van der Waals surface area contributed by atoms with Crippen LogP contribution in [-0.2, 0) is 5.41 Å². The molecule has 174 valence electrons. The Bertz CT molecular complexity index is 1050. The number of aromatic hydroxyl groups is 1. The number of unbranched alkanes of at least 4 members (excludes halogenated alkanes) is 1. The van der Waals surface area contributed by atoms with E-state index in [4.69, 9.17) is 11.6 Å². The van der Waals surface area contributed by atoms with Gasteiger partial charge in [-0.1, -0.05) is 84.9 Å². The number of phenols is 1. The third-order valence-electron chi connectivity index (χ3n) is 6.60. The maximum absolute atomic E-state index is 11.3. The molecule has 3 aromatic rings. The summed E-state index contributed by atoms with van der Waals surface area (Å²) in [6.45, 7) is 13.3. The van der Waals surface area contributed by atoms with Gasteiger partial charge in [0.15, 0.2) is 0 Å². The molecule has 0 amide bonds. The van der Waals surface area contributed by atoms with Gasteiger partial charge in [0.25, 0.3) is 0 Å². The molecule has 0 aliphatic carbocycles. The van der Waals surface area contributed by atoms with E-state index in [0.717, 1.165) is 28.9 Å². The first-order valence-corrected chi connectivity index (χ1v) is 12.5. The van der Waals surface area contributed by atoms with Crippen molar-refractivity contribution in [2.24, 2.45) is 5.92 Å². The van der Waals surface area contributed by atoms with Gasteiger partial charge in [-0.3, -0.25) is 0 Å². The van der Waals surface area contributed by atoms with E-state index in [-0.39, 0.29) is 11.2 Å². The van der Waals surface area contributed by atoms with E-state index >= 15 is 0 Å². The first kappa shape index (κ1) is 24.6. The highest BCUT2D eigenvalue weighted by Gasteiger charge is 2.26. The molecular weight excluding hydrogens is 418 g/mol. The molecule has 0 aliphatic rings. The quantitative estimate of drug-likeness (QED) is 0.353. The third-order valence-corrected chi connectivity index (χ3v) is 6.84. The summed E-state index contributed by atoms with van der Waals surface area (Å²) in [6.07, 6.45) is 7.27. The Balaban J connectivity index is 2.10.